The molecule has 0 aliphatic rings. The monoisotopic (exact) mass is 306 g/mol. The molecule has 0 aliphatic carbocycles. The summed E-state index contributed by atoms with van der Waals surface area (Å²) in [6, 6.07) is 15.6. The van der Waals surface area contributed by atoms with E-state index in [4.69, 9.17) is 23.2 Å². The first-order valence-electron chi connectivity index (χ1n) is 6.51. The highest BCUT2D eigenvalue weighted by atomic mass is 35.5. The van der Waals surface area contributed by atoms with Crippen LogP contribution in [0.2, 0.25) is 0 Å². The second kappa shape index (κ2) is 7.47. The smallest absolute Gasteiger partial charge is 0.141 e. The molecule has 104 valence electrons. The molecule has 0 N–H and O–H groups in total. The van der Waals surface area contributed by atoms with Gasteiger partial charge in [0.25, 0.3) is 0 Å². The lowest BCUT2D eigenvalue weighted by atomic mass is 9.97. The summed E-state index contributed by atoms with van der Waals surface area (Å²) in [4.78, 5) is 12.2. The van der Waals surface area contributed by atoms with E-state index >= 15 is 0 Å². The third-order valence-corrected chi connectivity index (χ3v) is 3.88. The summed E-state index contributed by atoms with van der Waals surface area (Å²) in [6.07, 6.45) is 0.832. The SMILES string of the molecule is O=C(Cc1ccccc1CCl)Cc1ccccc1CCl. The second-order valence-electron chi connectivity index (χ2n) is 4.70. The Morgan fingerprint density at radius 2 is 1.05 bits per heavy atom. The van der Waals surface area contributed by atoms with Crippen molar-refractivity contribution in [3.05, 3.63) is 70.8 Å². The summed E-state index contributed by atoms with van der Waals surface area (Å²) in [5.41, 5.74) is 4.06. The van der Waals surface area contributed by atoms with Crippen molar-refractivity contribution >= 4 is 29.0 Å². The predicted molar refractivity (Wildman–Crippen MR) is 84.4 cm³/mol. The molecule has 1 nitrogen and oxygen atoms in total. The van der Waals surface area contributed by atoms with Crippen molar-refractivity contribution in [2.24, 2.45) is 0 Å². The van der Waals surface area contributed by atoms with Crippen LogP contribution in [-0.4, -0.2) is 5.78 Å². The molecule has 0 radical (unpaired) electrons. The maximum absolute atomic E-state index is 12.2. The summed E-state index contributed by atoms with van der Waals surface area (Å²) < 4.78 is 0. The molecule has 0 atom stereocenters. The molecular formula is C17H16Cl2O. The number of Topliss-reactive ketones (excluding diaryl/α,β-unsaturated/α-hetero) is 1. The number of carbonyl (C=O) groups excluding carboxylic acids is 1. The Balaban J connectivity index is 2.09. The van der Waals surface area contributed by atoms with Crippen LogP contribution < -0.4 is 0 Å². The number of benzene rings is 2. The third kappa shape index (κ3) is 3.84. The Morgan fingerprint density at radius 3 is 1.40 bits per heavy atom. The minimum Gasteiger partial charge on any atom is -0.299 e. The van der Waals surface area contributed by atoms with Crippen molar-refractivity contribution in [2.45, 2.75) is 24.6 Å². The van der Waals surface area contributed by atoms with Gasteiger partial charge in [-0.05, 0) is 22.3 Å². The average Bonchev–Trinajstić information content (AvgIpc) is 2.48. The van der Waals surface area contributed by atoms with Crippen LogP contribution in [-0.2, 0) is 29.4 Å². The van der Waals surface area contributed by atoms with Crippen LogP contribution in [0.5, 0.6) is 0 Å². The van der Waals surface area contributed by atoms with Crippen LogP contribution in [0.4, 0.5) is 0 Å². The predicted octanol–water partition coefficient (Wildman–Crippen LogP) is 4.52. The van der Waals surface area contributed by atoms with Gasteiger partial charge in [0.15, 0.2) is 0 Å². The van der Waals surface area contributed by atoms with E-state index in [1.807, 2.05) is 48.5 Å². The topological polar surface area (TPSA) is 17.1 Å². The fourth-order valence-electron chi connectivity index (χ4n) is 2.21. The summed E-state index contributed by atoms with van der Waals surface area (Å²) in [7, 11) is 0. The van der Waals surface area contributed by atoms with Gasteiger partial charge in [0.1, 0.15) is 5.78 Å². The highest BCUT2D eigenvalue weighted by Crippen LogP contribution is 2.16. The molecule has 3 heteroatoms. The highest BCUT2D eigenvalue weighted by Gasteiger charge is 2.10. The molecule has 0 amide bonds. The molecule has 2 aromatic carbocycles. The van der Waals surface area contributed by atoms with Crippen LogP contribution in [0.15, 0.2) is 48.5 Å². The largest absolute Gasteiger partial charge is 0.299 e. The zero-order valence-corrected chi connectivity index (χ0v) is 12.6. The first-order valence-corrected chi connectivity index (χ1v) is 7.58. The van der Waals surface area contributed by atoms with Crippen LogP contribution in [0, 0.1) is 0 Å². The van der Waals surface area contributed by atoms with Crippen LogP contribution in [0.25, 0.3) is 0 Å². The Labute approximate surface area is 129 Å². The second-order valence-corrected chi connectivity index (χ2v) is 5.23. The Hall–Kier alpha value is -1.31. The number of alkyl halides is 2. The van der Waals surface area contributed by atoms with E-state index in [0.717, 1.165) is 22.3 Å². The van der Waals surface area contributed by atoms with Gasteiger partial charge in [0.2, 0.25) is 0 Å². The zero-order valence-electron chi connectivity index (χ0n) is 11.1. The van der Waals surface area contributed by atoms with Gasteiger partial charge in [0, 0.05) is 24.6 Å². The number of ketones is 1. The molecule has 20 heavy (non-hydrogen) atoms. The molecule has 2 rings (SSSR count). The summed E-state index contributed by atoms with van der Waals surface area (Å²) in [6.45, 7) is 0. The molecule has 0 saturated heterocycles. The fraction of sp³-hybridized carbons (Fsp3) is 0.235. The third-order valence-electron chi connectivity index (χ3n) is 3.30. The number of hydrogen-bond acceptors (Lipinski definition) is 1. The van der Waals surface area contributed by atoms with Gasteiger partial charge < -0.3 is 0 Å². The summed E-state index contributed by atoms with van der Waals surface area (Å²) in [5, 5.41) is 0. The van der Waals surface area contributed by atoms with Gasteiger partial charge in [-0.1, -0.05) is 48.5 Å². The summed E-state index contributed by atoms with van der Waals surface area (Å²) in [5.74, 6) is 1.05. The Kier molecular flexibility index (Phi) is 5.63. The lowest BCUT2D eigenvalue weighted by Crippen LogP contribution is -2.09. The van der Waals surface area contributed by atoms with Gasteiger partial charge >= 0.3 is 0 Å². The standard InChI is InChI=1S/C17H16Cl2O/c18-11-15-7-3-1-5-13(15)9-17(20)10-14-6-2-4-8-16(14)12-19/h1-8H,9-12H2. The molecule has 0 spiro atoms. The maximum atomic E-state index is 12.2. The zero-order chi connectivity index (χ0) is 14.4. The molecule has 0 saturated carbocycles. The Bertz CT molecular complexity index is 542. The van der Waals surface area contributed by atoms with Gasteiger partial charge in [-0.3, -0.25) is 4.79 Å². The van der Waals surface area contributed by atoms with E-state index in [1.54, 1.807) is 0 Å². The first kappa shape index (κ1) is 15.1. The number of carbonyl (C=O) groups is 1. The van der Waals surface area contributed by atoms with Gasteiger partial charge in [0.05, 0.1) is 0 Å². The van der Waals surface area contributed by atoms with Gasteiger partial charge in [-0.25, -0.2) is 0 Å². The van der Waals surface area contributed by atoms with Crippen LogP contribution in [0.3, 0.4) is 0 Å². The van der Waals surface area contributed by atoms with E-state index in [0.29, 0.717) is 24.6 Å². The van der Waals surface area contributed by atoms with Gasteiger partial charge in [-0.2, -0.15) is 0 Å². The van der Waals surface area contributed by atoms with Crippen molar-refractivity contribution < 1.29 is 4.79 Å². The molecule has 0 unspecified atom stereocenters. The molecule has 0 bridgehead atoms. The van der Waals surface area contributed by atoms with E-state index in [-0.39, 0.29) is 5.78 Å². The molecule has 0 heterocycles. The van der Waals surface area contributed by atoms with E-state index < -0.39 is 0 Å². The quantitative estimate of drug-likeness (QED) is 0.717. The summed E-state index contributed by atoms with van der Waals surface area (Å²) >= 11 is 11.8. The number of halogens is 2. The van der Waals surface area contributed by atoms with Crippen LogP contribution in [0.1, 0.15) is 22.3 Å². The minimum atomic E-state index is 0.181. The van der Waals surface area contributed by atoms with E-state index in [2.05, 4.69) is 0 Å². The molecule has 0 aliphatic heterocycles. The highest BCUT2D eigenvalue weighted by molar-refractivity contribution is 6.17. The van der Waals surface area contributed by atoms with Crippen LogP contribution >= 0.6 is 23.2 Å². The van der Waals surface area contributed by atoms with E-state index in [1.165, 1.54) is 0 Å². The molecule has 2 aromatic rings. The molecule has 0 aromatic heterocycles. The Morgan fingerprint density at radius 1 is 0.700 bits per heavy atom. The molecular weight excluding hydrogens is 291 g/mol. The van der Waals surface area contributed by atoms with Crippen molar-refractivity contribution in [1.29, 1.82) is 0 Å². The van der Waals surface area contributed by atoms with Crippen molar-refractivity contribution in [1.82, 2.24) is 0 Å². The maximum Gasteiger partial charge on any atom is 0.141 e. The minimum absolute atomic E-state index is 0.181. The molecule has 0 fully saturated rings. The normalized spacial score (nSPS) is 10.5. The van der Waals surface area contributed by atoms with Crippen molar-refractivity contribution in [3.63, 3.8) is 0 Å². The van der Waals surface area contributed by atoms with Crippen molar-refractivity contribution in [3.8, 4) is 0 Å². The fourth-order valence-corrected chi connectivity index (χ4v) is 2.73. The van der Waals surface area contributed by atoms with Crippen molar-refractivity contribution in [2.75, 3.05) is 0 Å². The first-order chi connectivity index (χ1) is 9.74. The lowest BCUT2D eigenvalue weighted by molar-refractivity contribution is -0.117. The average molecular weight is 307 g/mol. The van der Waals surface area contributed by atoms with E-state index in [9.17, 15) is 4.79 Å². The van der Waals surface area contributed by atoms with Gasteiger partial charge in [-0.15, -0.1) is 23.2 Å². The lowest BCUT2D eigenvalue weighted by Gasteiger charge is -2.08. The number of hydrogen-bond donors (Lipinski definition) is 0. The number of rotatable bonds is 6.